The normalized spacial score (nSPS) is 15.5. The Kier molecular flexibility index (Phi) is 5.34. The monoisotopic (exact) mass is 457 g/mol. The fourth-order valence-electron chi connectivity index (χ4n) is 4.49. The topological polar surface area (TPSA) is 50.5 Å². The number of benzene rings is 3. The maximum absolute atomic E-state index is 13.7. The summed E-state index contributed by atoms with van der Waals surface area (Å²) in [5, 5.41) is 0.889. The average molecular weight is 458 g/mol. The predicted octanol–water partition coefficient (Wildman–Crippen LogP) is 6.62. The summed E-state index contributed by atoms with van der Waals surface area (Å²) in [5.74, 6) is 0.220. The van der Waals surface area contributed by atoms with Gasteiger partial charge in [-0.05, 0) is 47.2 Å². The third kappa shape index (κ3) is 3.65. The lowest BCUT2D eigenvalue weighted by atomic mass is 9.95. The van der Waals surface area contributed by atoms with Gasteiger partial charge in [-0.25, -0.2) is 0 Å². The van der Waals surface area contributed by atoms with Gasteiger partial charge in [-0.15, -0.1) is 0 Å². The van der Waals surface area contributed by atoms with Gasteiger partial charge in [0.05, 0.1) is 17.0 Å². The van der Waals surface area contributed by atoms with E-state index in [1.165, 1.54) is 5.56 Å². The summed E-state index contributed by atoms with van der Waals surface area (Å²) in [7, 11) is 0. The number of carbonyl (C=O) groups excluding carboxylic acids is 1. The van der Waals surface area contributed by atoms with Crippen LogP contribution in [0.1, 0.15) is 64.2 Å². The van der Waals surface area contributed by atoms with Crippen LogP contribution in [-0.4, -0.2) is 10.8 Å². The Morgan fingerprint density at radius 1 is 1.00 bits per heavy atom. The molecule has 5 heteroatoms. The third-order valence-electron chi connectivity index (χ3n) is 6.36. The van der Waals surface area contributed by atoms with Gasteiger partial charge in [-0.2, -0.15) is 0 Å². The second kappa shape index (κ2) is 8.20. The van der Waals surface area contributed by atoms with E-state index < -0.39 is 6.04 Å². The van der Waals surface area contributed by atoms with Crippen molar-refractivity contribution >= 4 is 28.5 Å². The van der Waals surface area contributed by atoms with Gasteiger partial charge in [-0.3, -0.25) is 9.59 Å². The number of aryl methyl sites for hydroxylation is 1. The lowest BCUT2D eigenvalue weighted by Gasteiger charge is -2.25. The Bertz CT molecular complexity index is 1420. The minimum Gasteiger partial charge on any atom is -0.450 e. The van der Waals surface area contributed by atoms with Crippen molar-refractivity contribution in [2.24, 2.45) is 0 Å². The van der Waals surface area contributed by atoms with E-state index in [0.29, 0.717) is 34.0 Å². The number of hydrogen-bond donors (Lipinski definition) is 0. The first-order chi connectivity index (χ1) is 15.8. The van der Waals surface area contributed by atoms with Crippen molar-refractivity contribution in [1.82, 2.24) is 4.90 Å². The van der Waals surface area contributed by atoms with Gasteiger partial charge in [-0.1, -0.05) is 80.0 Å². The molecule has 0 bridgehead atoms. The Morgan fingerprint density at radius 3 is 2.36 bits per heavy atom. The Labute approximate surface area is 197 Å². The van der Waals surface area contributed by atoms with Crippen LogP contribution < -0.4 is 5.43 Å². The molecule has 0 spiro atoms. The Morgan fingerprint density at radius 2 is 1.70 bits per heavy atom. The van der Waals surface area contributed by atoms with Crippen molar-refractivity contribution in [1.29, 1.82) is 0 Å². The van der Waals surface area contributed by atoms with Crippen molar-refractivity contribution in [3.63, 3.8) is 0 Å². The van der Waals surface area contributed by atoms with E-state index in [4.69, 9.17) is 16.0 Å². The van der Waals surface area contributed by atoms with E-state index in [9.17, 15) is 9.59 Å². The summed E-state index contributed by atoms with van der Waals surface area (Å²) in [4.78, 5) is 29.0. The number of hydrogen-bond acceptors (Lipinski definition) is 3. The molecular weight excluding hydrogens is 434 g/mol. The predicted molar refractivity (Wildman–Crippen MR) is 131 cm³/mol. The SMILES string of the molecule is Cc1cc2oc3c(c(=O)c2cc1Cl)C(c1ccc(C(C)C)cc1)N(Cc1ccccc1)C3=O. The number of amides is 1. The molecule has 2 heterocycles. The molecule has 0 fully saturated rings. The van der Waals surface area contributed by atoms with Gasteiger partial charge < -0.3 is 9.32 Å². The van der Waals surface area contributed by atoms with Crippen LogP contribution in [0.15, 0.2) is 75.9 Å². The number of rotatable bonds is 4. The minimum atomic E-state index is -0.533. The molecule has 1 amide bonds. The molecule has 1 atom stereocenters. The smallest absolute Gasteiger partial charge is 0.291 e. The average Bonchev–Trinajstić information content (AvgIpc) is 3.08. The van der Waals surface area contributed by atoms with E-state index in [1.54, 1.807) is 17.0 Å². The maximum atomic E-state index is 13.7. The molecule has 0 radical (unpaired) electrons. The number of halogens is 1. The summed E-state index contributed by atoms with van der Waals surface area (Å²) in [6, 6.07) is 20.7. The van der Waals surface area contributed by atoms with Crippen molar-refractivity contribution in [3.8, 4) is 0 Å². The highest BCUT2D eigenvalue weighted by Crippen LogP contribution is 2.40. The van der Waals surface area contributed by atoms with Crippen LogP contribution in [-0.2, 0) is 6.54 Å². The van der Waals surface area contributed by atoms with Gasteiger partial charge in [0.25, 0.3) is 5.91 Å². The lowest BCUT2D eigenvalue weighted by Crippen LogP contribution is -2.29. The molecule has 0 saturated heterocycles. The fourth-order valence-corrected chi connectivity index (χ4v) is 4.66. The summed E-state index contributed by atoms with van der Waals surface area (Å²) in [5.41, 5.74) is 4.40. The molecule has 4 nitrogen and oxygen atoms in total. The van der Waals surface area contributed by atoms with Gasteiger partial charge in [0.15, 0.2) is 5.43 Å². The first-order valence-electron chi connectivity index (χ1n) is 11.1. The maximum Gasteiger partial charge on any atom is 0.291 e. The van der Waals surface area contributed by atoms with Crippen LogP contribution >= 0.6 is 11.6 Å². The van der Waals surface area contributed by atoms with E-state index in [1.807, 2.05) is 49.4 Å². The summed E-state index contributed by atoms with van der Waals surface area (Å²) < 4.78 is 6.06. The molecule has 0 saturated carbocycles. The zero-order chi connectivity index (χ0) is 23.3. The van der Waals surface area contributed by atoms with Crippen molar-refractivity contribution in [2.45, 2.75) is 39.3 Å². The lowest BCUT2D eigenvalue weighted by molar-refractivity contribution is 0.0714. The van der Waals surface area contributed by atoms with E-state index in [-0.39, 0.29) is 17.1 Å². The molecule has 1 aromatic heterocycles. The summed E-state index contributed by atoms with van der Waals surface area (Å²) in [6.07, 6.45) is 0. The molecular formula is C28H24ClNO3. The van der Waals surface area contributed by atoms with Crippen molar-refractivity contribution in [3.05, 3.63) is 116 Å². The zero-order valence-corrected chi connectivity index (χ0v) is 19.5. The van der Waals surface area contributed by atoms with E-state index in [0.717, 1.165) is 16.7 Å². The molecule has 1 aliphatic rings. The molecule has 0 aliphatic carbocycles. The number of nitrogens with zero attached hydrogens (tertiary/aromatic N) is 1. The van der Waals surface area contributed by atoms with Crippen LogP contribution in [0, 0.1) is 6.92 Å². The molecule has 166 valence electrons. The highest BCUT2D eigenvalue weighted by atomic mass is 35.5. The largest absolute Gasteiger partial charge is 0.450 e. The van der Waals surface area contributed by atoms with Crippen molar-refractivity contribution in [2.75, 3.05) is 0 Å². The molecule has 1 aliphatic heterocycles. The molecule has 33 heavy (non-hydrogen) atoms. The third-order valence-corrected chi connectivity index (χ3v) is 6.77. The second-order valence-electron chi connectivity index (χ2n) is 8.91. The molecule has 3 aromatic carbocycles. The number of fused-ring (bicyclic) bond motifs is 2. The molecule has 5 rings (SSSR count). The first kappa shape index (κ1) is 21.5. The quantitative estimate of drug-likeness (QED) is 0.346. The van der Waals surface area contributed by atoms with Crippen molar-refractivity contribution < 1.29 is 9.21 Å². The molecule has 1 unspecified atom stereocenters. The van der Waals surface area contributed by atoms with Crippen LogP contribution in [0.3, 0.4) is 0 Å². The summed E-state index contributed by atoms with van der Waals surface area (Å²) >= 11 is 6.32. The highest BCUT2D eigenvalue weighted by molar-refractivity contribution is 6.32. The Balaban J connectivity index is 1.72. The molecule has 4 aromatic rings. The van der Waals surface area contributed by atoms with Gasteiger partial charge in [0.1, 0.15) is 5.58 Å². The van der Waals surface area contributed by atoms with Gasteiger partial charge in [0, 0.05) is 11.6 Å². The van der Waals surface area contributed by atoms with Gasteiger partial charge in [0.2, 0.25) is 5.76 Å². The second-order valence-corrected chi connectivity index (χ2v) is 9.32. The van der Waals surface area contributed by atoms with Crippen LogP contribution in [0.4, 0.5) is 0 Å². The first-order valence-corrected chi connectivity index (χ1v) is 11.4. The Hall–Kier alpha value is -3.37. The minimum absolute atomic E-state index is 0.114. The van der Waals surface area contributed by atoms with E-state index >= 15 is 0 Å². The standard InChI is InChI=1S/C28H24ClNO3/c1-16(2)19-9-11-20(12-10-19)25-24-26(31)21-14-22(29)17(3)13-23(21)33-27(24)28(32)30(25)15-18-7-5-4-6-8-18/h4-14,16,25H,15H2,1-3H3. The highest BCUT2D eigenvalue weighted by Gasteiger charge is 2.42. The summed E-state index contributed by atoms with van der Waals surface area (Å²) in [6.45, 7) is 6.49. The zero-order valence-electron chi connectivity index (χ0n) is 18.8. The fraction of sp³-hybridized carbons (Fsp3) is 0.214. The van der Waals surface area contributed by atoms with Gasteiger partial charge >= 0.3 is 0 Å². The van der Waals surface area contributed by atoms with Crippen LogP contribution in [0.2, 0.25) is 5.02 Å². The number of carbonyl (C=O) groups is 1. The molecule has 0 N–H and O–H groups in total. The van der Waals surface area contributed by atoms with Crippen LogP contribution in [0.25, 0.3) is 11.0 Å². The van der Waals surface area contributed by atoms with E-state index in [2.05, 4.69) is 26.0 Å². The van der Waals surface area contributed by atoms with Crippen LogP contribution in [0.5, 0.6) is 0 Å².